The van der Waals surface area contributed by atoms with Crippen LogP contribution in [0.4, 0.5) is 27.9 Å². The lowest BCUT2D eigenvalue weighted by Crippen LogP contribution is -2.39. The minimum Gasteiger partial charge on any atom is -0.465 e. The molecule has 1 saturated heterocycles. The van der Waals surface area contributed by atoms with Gasteiger partial charge in [0, 0.05) is 19.1 Å². The molecule has 2 aromatic heterocycles. The normalized spacial score (nSPS) is 19.1. The number of hydrogen-bond acceptors (Lipinski definition) is 9. The molecule has 1 aliphatic carbocycles. The highest BCUT2D eigenvalue weighted by Crippen LogP contribution is 2.38. The first-order valence-electron chi connectivity index (χ1n) is 11.6. The minimum atomic E-state index is -1.07. The monoisotopic (exact) mass is 506 g/mol. The Morgan fingerprint density at radius 2 is 2.08 bits per heavy atom. The van der Waals surface area contributed by atoms with Crippen molar-refractivity contribution in [3.63, 3.8) is 0 Å². The average molecular weight is 507 g/mol. The summed E-state index contributed by atoms with van der Waals surface area (Å²) in [6.07, 6.45) is 3.21. The van der Waals surface area contributed by atoms with Gasteiger partial charge >= 0.3 is 6.09 Å². The standard InChI is InChI=1S/C23H23ClN10O2/c1-2-13-10-33(11-17(13)30-23(35)36)18-6-12(7-25)5-16(19(18)24)29-22-31-20(28-14-3-4-14)21-27-9-15(8-26)34(21)32-22/h5-6,9,13-14,17,30H,2-4,10-11H2,1H3,(H,35,36)(H2,28,29,31,32)/t13-,17-/m1/s1. The van der Waals surface area contributed by atoms with E-state index in [9.17, 15) is 20.4 Å². The number of rotatable bonds is 7. The van der Waals surface area contributed by atoms with Crippen LogP contribution in [0.5, 0.6) is 0 Å². The molecule has 0 radical (unpaired) electrons. The summed E-state index contributed by atoms with van der Waals surface area (Å²) in [6.45, 7) is 3.03. The molecule has 1 aromatic carbocycles. The molecular formula is C23H23ClN10O2. The van der Waals surface area contributed by atoms with Gasteiger partial charge in [0.05, 0.1) is 40.3 Å². The number of amides is 1. The topological polar surface area (TPSA) is 167 Å². The summed E-state index contributed by atoms with van der Waals surface area (Å²) < 4.78 is 1.41. The number of nitrogens with one attached hydrogen (secondary N) is 3. The number of benzene rings is 1. The second-order valence-corrected chi connectivity index (χ2v) is 9.29. The molecule has 1 aliphatic heterocycles. The molecule has 5 rings (SSSR count). The van der Waals surface area contributed by atoms with Crippen LogP contribution in [0.1, 0.15) is 37.4 Å². The van der Waals surface area contributed by atoms with E-state index in [1.54, 1.807) is 12.1 Å². The maximum absolute atomic E-state index is 11.2. The quantitative estimate of drug-likeness (QED) is 0.373. The molecule has 184 valence electrons. The van der Waals surface area contributed by atoms with Gasteiger partial charge < -0.3 is 26.0 Å². The maximum Gasteiger partial charge on any atom is 0.404 e. The molecule has 13 heteroatoms. The number of halogens is 1. The third-order valence-electron chi connectivity index (χ3n) is 6.44. The van der Waals surface area contributed by atoms with Crippen LogP contribution < -0.4 is 20.9 Å². The minimum absolute atomic E-state index is 0.103. The second kappa shape index (κ2) is 9.40. The number of fused-ring (bicyclic) bond motifs is 1. The van der Waals surface area contributed by atoms with Crippen molar-refractivity contribution in [2.45, 2.75) is 38.3 Å². The predicted octanol–water partition coefficient (Wildman–Crippen LogP) is 3.32. The fourth-order valence-corrected chi connectivity index (χ4v) is 4.72. The summed E-state index contributed by atoms with van der Waals surface area (Å²) in [4.78, 5) is 22.1. The zero-order chi connectivity index (χ0) is 25.4. The van der Waals surface area contributed by atoms with Crippen molar-refractivity contribution in [2.24, 2.45) is 5.92 Å². The van der Waals surface area contributed by atoms with Crippen molar-refractivity contribution in [2.75, 3.05) is 28.6 Å². The SMILES string of the molecule is CC[C@@H]1CN(c2cc(C#N)cc(Nc3nc(NC4CC4)c4ncc(C#N)n4n3)c2Cl)C[C@H]1NC(=O)O. The van der Waals surface area contributed by atoms with Crippen LogP contribution in [-0.2, 0) is 0 Å². The molecule has 2 fully saturated rings. The van der Waals surface area contributed by atoms with Gasteiger partial charge in [0.2, 0.25) is 5.95 Å². The number of aromatic nitrogens is 4. The first-order chi connectivity index (χ1) is 17.4. The molecule has 2 aliphatic rings. The van der Waals surface area contributed by atoms with Crippen LogP contribution in [0.15, 0.2) is 18.3 Å². The Morgan fingerprint density at radius 3 is 2.75 bits per heavy atom. The van der Waals surface area contributed by atoms with Gasteiger partial charge in [0.25, 0.3) is 0 Å². The van der Waals surface area contributed by atoms with Crippen LogP contribution in [0, 0.1) is 28.6 Å². The van der Waals surface area contributed by atoms with Crippen molar-refractivity contribution >= 4 is 46.5 Å². The molecule has 3 heterocycles. The van der Waals surface area contributed by atoms with E-state index >= 15 is 0 Å². The molecular weight excluding hydrogens is 484 g/mol. The van der Waals surface area contributed by atoms with E-state index in [1.807, 2.05) is 11.8 Å². The van der Waals surface area contributed by atoms with E-state index in [4.69, 9.17) is 11.6 Å². The first-order valence-corrected chi connectivity index (χ1v) is 12.0. The Labute approximate surface area is 211 Å². The molecule has 2 atom stereocenters. The van der Waals surface area contributed by atoms with Crippen molar-refractivity contribution in [1.82, 2.24) is 24.9 Å². The van der Waals surface area contributed by atoms with Crippen molar-refractivity contribution in [3.05, 3.63) is 34.6 Å². The summed E-state index contributed by atoms with van der Waals surface area (Å²) in [6, 6.07) is 7.57. The number of hydrogen-bond donors (Lipinski definition) is 4. The van der Waals surface area contributed by atoms with Gasteiger partial charge in [-0.2, -0.15) is 20.0 Å². The van der Waals surface area contributed by atoms with Crippen molar-refractivity contribution in [3.8, 4) is 12.1 Å². The molecule has 0 bridgehead atoms. The van der Waals surface area contributed by atoms with Crippen LogP contribution in [0.25, 0.3) is 5.65 Å². The van der Waals surface area contributed by atoms with E-state index in [2.05, 4.69) is 43.2 Å². The van der Waals surface area contributed by atoms with E-state index in [0.29, 0.717) is 52.6 Å². The van der Waals surface area contributed by atoms with Crippen LogP contribution in [-0.4, -0.2) is 56.0 Å². The van der Waals surface area contributed by atoms with Crippen molar-refractivity contribution in [1.29, 1.82) is 10.5 Å². The lowest BCUT2D eigenvalue weighted by atomic mass is 10.0. The number of imidazole rings is 1. The molecule has 36 heavy (non-hydrogen) atoms. The Morgan fingerprint density at radius 1 is 1.28 bits per heavy atom. The zero-order valence-electron chi connectivity index (χ0n) is 19.4. The Hall–Kier alpha value is -4.29. The molecule has 4 N–H and O–H groups in total. The largest absolute Gasteiger partial charge is 0.465 e. The molecule has 12 nitrogen and oxygen atoms in total. The summed E-state index contributed by atoms with van der Waals surface area (Å²) in [7, 11) is 0. The van der Waals surface area contributed by atoms with Gasteiger partial charge in [0.1, 0.15) is 6.07 Å². The zero-order valence-corrected chi connectivity index (χ0v) is 20.1. The fourth-order valence-electron chi connectivity index (χ4n) is 4.45. The lowest BCUT2D eigenvalue weighted by molar-refractivity contribution is 0.187. The van der Waals surface area contributed by atoms with Crippen LogP contribution in [0.3, 0.4) is 0 Å². The summed E-state index contributed by atoms with van der Waals surface area (Å²) >= 11 is 6.81. The highest BCUT2D eigenvalue weighted by Gasteiger charge is 2.34. The maximum atomic E-state index is 11.2. The third-order valence-corrected chi connectivity index (χ3v) is 6.84. The predicted molar refractivity (Wildman–Crippen MR) is 133 cm³/mol. The van der Waals surface area contributed by atoms with Crippen LogP contribution in [0.2, 0.25) is 5.02 Å². The highest BCUT2D eigenvalue weighted by atomic mass is 35.5. The van der Waals surface area contributed by atoms with Gasteiger partial charge in [-0.3, -0.25) is 0 Å². The number of nitriles is 2. The molecule has 1 amide bonds. The number of nitrogens with zero attached hydrogens (tertiary/aromatic N) is 7. The van der Waals surface area contributed by atoms with E-state index < -0.39 is 6.09 Å². The van der Waals surface area contributed by atoms with E-state index in [1.165, 1.54) is 10.7 Å². The first kappa shape index (κ1) is 23.5. The second-order valence-electron chi connectivity index (χ2n) is 8.92. The van der Waals surface area contributed by atoms with Gasteiger partial charge in [-0.1, -0.05) is 18.5 Å². The number of carboxylic acid groups (broad SMARTS) is 1. The number of carbonyl (C=O) groups is 1. The molecule has 0 spiro atoms. The Bertz CT molecular complexity index is 1420. The third kappa shape index (κ3) is 4.51. The van der Waals surface area contributed by atoms with E-state index in [-0.39, 0.29) is 23.6 Å². The smallest absolute Gasteiger partial charge is 0.404 e. The van der Waals surface area contributed by atoms with Gasteiger partial charge in [-0.15, -0.1) is 5.10 Å². The fraction of sp³-hybridized carbons (Fsp3) is 0.391. The van der Waals surface area contributed by atoms with Gasteiger partial charge in [0.15, 0.2) is 17.2 Å². The number of anilines is 4. The Balaban J connectivity index is 1.51. The Kier molecular flexibility index (Phi) is 6.12. The highest BCUT2D eigenvalue weighted by molar-refractivity contribution is 6.36. The molecule has 1 saturated carbocycles. The van der Waals surface area contributed by atoms with Crippen LogP contribution >= 0.6 is 11.6 Å². The molecule has 3 aromatic rings. The van der Waals surface area contributed by atoms with Crippen molar-refractivity contribution < 1.29 is 9.90 Å². The summed E-state index contributed by atoms with van der Waals surface area (Å²) in [5.74, 6) is 0.783. The summed E-state index contributed by atoms with van der Waals surface area (Å²) in [5.41, 5.74) is 2.11. The average Bonchev–Trinajstić information content (AvgIpc) is 3.43. The molecule has 0 unspecified atom stereocenters. The van der Waals surface area contributed by atoms with Gasteiger partial charge in [-0.05, 0) is 37.3 Å². The van der Waals surface area contributed by atoms with E-state index in [0.717, 1.165) is 19.3 Å². The summed E-state index contributed by atoms with van der Waals surface area (Å²) in [5, 5.41) is 42.1. The van der Waals surface area contributed by atoms with Gasteiger partial charge in [-0.25, -0.2) is 9.78 Å². The lowest BCUT2D eigenvalue weighted by Gasteiger charge is -2.22.